The Balaban J connectivity index is 1.70. The van der Waals surface area contributed by atoms with Crippen molar-refractivity contribution < 1.29 is 4.79 Å². The van der Waals surface area contributed by atoms with Crippen LogP contribution < -0.4 is 5.32 Å². The number of rotatable bonds is 3. The lowest BCUT2D eigenvalue weighted by atomic mass is 9.94. The van der Waals surface area contributed by atoms with Crippen molar-refractivity contribution in [2.24, 2.45) is 0 Å². The van der Waals surface area contributed by atoms with Crippen molar-refractivity contribution in [3.63, 3.8) is 0 Å². The molecule has 0 bridgehead atoms. The van der Waals surface area contributed by atoms with E-state index in [4.69, 9.17) is 11.6 Å². The number of benzene rings is 1. The smallest absolute Gasteiger partial charge is 0.227 e. The first-order chi connectivity index (χ1) is 10.3. The van der Waals surface area contributed by atoms with Crippen LogP contribution in [0.4, 0.5) is 0 Å². The Morgan fingerprint density at radius 1 is 1.24 bits per heavy atom. The molecule has 1 amide bonds. The molecule has 0 aromatic heterocycles. The van der Waals surface area contributed by atoms with Crippen LogP contribution in [-0.2, 0) is 11.2 Å². The summed E-state index contributed by atoms with van der Waals surface area (Å²) in [5.41, 5.74) is 0.938. The number of hydrogen-bond donors (Lipinski definition) is 1. The molecule has 3 rings (SSSR count). The summed E-state index contributed by atoms with van der Waals surface area (Å²) in [4.78, 5) is 14.8. The summed E-state index contributed by atoms with van der Waals surface area (Å²) in [5.74, 6) is 0.224. The number of likely N-dealkylation sites (tertiary alicyclic amines) is 1. The number of amides is 1. The molecule has 1 aromatic carbocycles. The van der Waals surface area contributed by atoms with Gasteiger partial charge in [0.2, 0.25) is 5.91 Å². The SMILES string of the molecule is O=C(Cc1ccccc1Cl)N1CCCCC1C1CCCN1. The van der Waals surface area contributed by atoms with Gasteiger partial charge in [-0.3, -0.25) is 4.79 Å². The monoisotopic (exact) mass is 306 g/mol. The van der Waals surface area contributed by atoms with Crippen LogP contribution in [0.15, 0.2) is 24.3 Å². The molecule has 2 fully saturated rings. The first-order valence-electron chi connectivity index (χ1n) is 8.02. The number of carbonyl (C=O) groups excluding carboxylic acids is 1. The molecular formula is C17H23ClN2O. The van der Waals surface area contributed by atoms with Gasteiger partial charge in [-0.15, -0.1) is 0 Å². The molecule has 0 aliphatic carbocycles. The summed E-state index contributed by atoms with van der Waals surface area (Å²) in [7, 11) is 0. The molecule has 0 radical (unpaired) electrons. The number of nitrogens with one attached hydrogen (secondary N) is 1. The van der Waals surface area contributed by atoms with Gasteiger partial charge in [-0.05, 0) is 50.3 Å². The van der Waals surface area contributed by atoms with Gasteiger partial charge in [0.1, 0.15) is 0 Å². The fraction of sp³-hybridized carbons (Fsp3) is 0.588. The Kier molecular flexibility index (Phi) is 4.81. The van der Waals surface area contributed by atoms with Crippen molar-refractivity contribution in [3.05, 3.63) is 34.9 Å². The van der Waals surface area contributed by atoms with Crippen LogP contribution in [0.3, 0.4) is 0 Å². The van der Waals surface area contributed by atoms with Gasteiger partial charge in [0.15, 0.2) is 0 Å². The van der Waals surface area contributed by atoms with Gasteiger partial charge in [-0.2, -0.15) is 0 Å². The van der Waals surface area contributed by atoms with Gasteiger partial charge in [0.05, 0.1) is 6.42 Å². The van der Waals surface area contributed by atoms with E-state index in [1.165, 1.54) is 19.3 Å². The van der Waals surface area contributed by atoms with E-state index < -0.39 is 0 Å². The van der Waals surface area contributed by atoms with Gasteiger partial charge < -0.3 is 10.2 Å². The summed E-state index contributed by atoms with van der Waals surface area (Å²) in [6, 6.07) is 8.52. The van der Waals surface area contributed by atoms with E-state index in [0.29, 0.717) is 23.5 Å². The van der Waals surface area contributed by atoms with Crippen LogP contribution in [-0.4, -0.2) is 36.0 Å². The fourth-order valence-electron chi connectivity index (χ4n) is 3.63. The highest BCUT2D eigenvalue weighted by Crippen LogP contribution is 2.25. The van der Waals surface area contributed by atoms with Crippen LogP contribution in [0.1, 0.15) is 37.7 Å². The second-order valence-electron chi connectivity index (χ2n) is 6.12. The highest BCUT2D eigenvalue weighted by Gasteiger charge is 2.34. The molecule has 2 atom stereocenters. The summed E-state index contributed by atoms with van der Waals surface area (Å²) in [6.07, 6.45) is 6.33. The fourth-order valence-corrected chi connectivity index (χ4v) is 3.83. The highest BCUT2D eigenvalue weighted by atomic mass is 35.5. The van der Waals surface area contributed by atoms with Gasteiger partial charge in [-0.1, -0.05) is 29.8 Å². The van der Waals surface area contributed by atoms with E-state index in [9.17, 15) is 4.79 Å². The number of hydrogen-bond acceptors (Lipinski definition) is 2. The van der Waals surface area contributed by atoms with Crippen LogP contribution in [0.2, 0.25) is 5.02 Å². The molecule has 0 saturated carbocycles. The topological polar surface area (TPSA) is 32.3 Å². The molecule has 1 N–H and O–H groups in total. The van der Waals surface area contributed by atoms with Crippen molar-refractivity contribution in [1.82, 2.24) is 10.2 Å². The third kappa shape index (κ3) is 3.41. The van der Waals surface area contributed by atoms with Crippen LogP contribution >= 0.6 is 11.6 Å². The summed E-state index contributed by atoms with van der Waals surface area (Å²) >= 11 is 6.19. The summed E-state index contributed by atoms with van der Waals surface area (Å²) in [5, 5.41) is 4.26. The van der Waals surface area contributed by atoms with E-state index in [0.717, 1.165) is 31.5 Å². The zero-order valence-corrected chi connectivity index (χ0v) is 13.1. The maximum atomic E-state index is 12.7. The molecule has 114 valence electrons. The number of nitrogens with zero attached hydrogens (tertiary/aromatic N) is 1. The molecule has 2 aliphatic heterocycles. The number of carbonyl (C=O) groups is 1. The minimum Gasteiger partial charge on any atom is -0.338 e. The minimum atomic E-state index is 0.224. The normalized spacial score (nSPS) is 26.0. The van der Waals surface area contributed by atoms with Gasteiger partial charge >= 0.3 is 0 Å². The Hall–Kier alpha value is -1.06. The lowest BCUT2D eigenvalue weighted by molar-refractivity contribution is -0.134. The van der Waals surface area contributed by atoms with E-state index in [2.05, 4.69) is 10.2 Å². The van der Waals surface area contributed by atoms with Gasteiger partial charge in [-0.25, -0.2) is 0 Å². The van der Waals surface area contributed by atoms with Crippen molar-refractivity contribution in [3.8, 4) is 0 Å². The third-order valence-electron chi connectivity index (χ3n) is 4.73. The number of piperidine rings is 1. The number of halogens is 1. The molecular weight excluding hydrogens is 284 g/mol. The van der Waals surface area contributed by atoms with Crippen molar-refractivity contribution in [2.75, 3.05) is 13.1 Å². The largest absolute Gasteiger partial charge is 0.338 e. The Labute approximate surface area is 131 Å². The second-order valence-corrected chi connectivity index (χ2v) is 6.53. The zero-order valence-electron chi connectivity index (χ0n) is 12.4. The molecule has 21 heavy (non-hydrogen) atoms. The average molecular weight is 307 g/mol. The Bertz CT molecular complexity index is 499. The standard InChI is InChI=1S/C17H23ClN2O/c18-14-7-2-1-6-13(14)12-17(21)20-11-4-3-9-16(20)15-8-5-10-19-15/h1-2,6-7,15-16,19H,3-5,8-12H2. The van der Waals surface area contributed by atoms with Crippen molar-refractivity contribution in [2.45, 2.75) is 50.6 Å². The average Bonchev–Trinajstić information content (AvgIpc) is 3.04. The van der Waals surface area contributed by atoms with E-state index in [1.54, 1.807) is 0 Å². The summed E-state index contributed by atoms with van der Waals surface area (Å²) < 4.78 is 0. The second kappa shape index (κ2) is 6.80. The quantitative estimate of drug-likeness (QED) is 0.931. The highest BCUT2D eigenvalue weighted by molar-refractivity contribution is 6.31. The third-order valence-corrected chi connectivity index (χ3v) is 5.10. The van der Waals surface area contributed by atoms with E-state index in [-0.39, 0.29) is 5.91 Å². The first-order valence-corrected chi connectivity index (χ1v) is 8.40. The van der Waals surface area contributed by atoms with Crippen molar-refractivity contribution >= 4 is 17.5 Å². The minimum absolute atomic E-state index is 0.224. The molecule has 3 nitrogen and oxygen atoms in total. The first kappa shape index (κ1) is 14.9. The van der Waals surface area contributed by atoms with Crippen molar-refractivity contribution in [1.29, 1.82) is 0 Å². The van der Waals surface area contributed by atoms with Crippen LogP contribution in [0.5, 0.6) is 0 Å². The summed E-state index contributed by atoms with van der Waals surface area (Å²) in [6.45, 7) is 1.99. The lowest BCUT2D eigenvalue weighted by Crippen LogP contribution is -2.53. The molecule has 2 heterocycles. The molecule has 4 heteroatoms. The molecule has 1 aromatic rings. The lowest BCUT2D eigenvalue weighted by Gasteiger charge is -2.39. The zero-order chi connectivity index (χ0) is 14.7. The van der Waals surface area contributed by atoms with Gasteiger partial charge in [0.25, 0.3) is 0 Å². The van der Waals surface area contributed by atoms with Crippen LogP contribution in [0.25, 0.3) is 0 Å². The molecule has 0 spiro atoms. The predicted molar refractivity (Wildman–Crippen MR) is 85.5 cm³/mol. The molecule has 2 aliphatic rings. The van der Waals surface area contributed by atoms with Gasteiger partial charge in [0, 0.05) is 23.7 Å². The van der Waals surface area contributed by atoms with Crippen LogP contribution in [0, 0.1) is 0 Å². The maximum absolute atomic E-state index is 12.7. The Morgan fingerprint density at radius 2 is 2.10 bits per heavy atom. The Morgan fingerprint density at radius 3 is 2.86 bits per heavy atom. The molecule has 2 saturated heterocycles. The molecule has 2 unspecified atom stereocenters. The maximum Gasteiger partial charge on any atom is 0.227 e. The van der Waals surface area contributed by atoms with E-state index >= 15 is 0 Å². The predicted octanol–water partition coefficient (Wildman–Crippen LogP) is 3.02. The van der Waals surface area contributed by atoms with E-state index in [1.807, 2.05) is 24.3 Å².